The summed E-state index contributed by atoms with van der Waals surface area (Å²) in [6.07, 6.45) is 4.35. The minimum atomic E-state index is -10.2. The van der Waals surface area contributed by atoms with Crippen molar-refractivity contribution in [2.24, 2.45) is 23.5 Å². The largest absolute Gasteiger partial charge is 0.326 e. The van der Waals surface area contributed by atoms with Crippen LogP contribution in [-0.2, 0) is 4.79 Å². The number of fused-ring (bicyclic) bond motifs is 2. The van der Waals surface area contributed by atoms with Crippen molar-refractivity contribution in [3.63, 3.8) is 0 Å². The summed E-state index contributed by atoms with van der Waals surface area (Å²) in [5.74, 6) is -3.54. The minimum absolute atomic E-state index is 0.0132. The van der Waals surface area contributed by atoms with Crippen molar-refractivity contribution in [2.45, 2.75) is 17.4 Å². The summed E-state index contributed by atoms with van der Waals surface area (Å²) < 4.78 is 77.4. The van der Waals surface area contributed by atoms with Gasteiger partial charge >= 0.3 is 10.2 Å². The highest BCUT2D eigenvalue weighted by molar-refractivity contribution is 8.45. The normalized spacial score (nSPS) is 31.6. The fraction of sp³-hybridized carbons (Fsp3) is 0.357. The zero-order valence-electron chi connectivity index (χ0n) is 12.1. The van der Waals surface area contributed by atoms with Crippen LogP contribution in [0.5, 0.6) is 0 Å². The van der Waals surface area contributed by atoms with Gasteiger partial charge in [0.2, 0.25) is 5.91 Å². The lowest BCUT2D eigenvalue weighted by Gasteiger charge is -2.40. The summed E-state index contributed by atoms with van der Waals surface area (Å²) >= 11 is 0. The Hall–Kier alpha value is -1.68. The molecule has 1 saturated carbocycles. The van der Waals surface area contributed by atoms with Crippen molar-refractivity contribution >= 4 is 21.8 Å². The van der Waals surface area contributed by atoms with Gasteiger partial charge < -0.3 is 11.1 Å². The Morgan fingerprint density at radius 1 is 1.12 bits per heavy atom. The number of amides is 1. The first-order valence-corrected chi connectivity index (χ1v) is 9.00. The predicted octanol–water partition coefficient (Wildman–Crippen LogP) is 4.57. The van der Waals surface area contributed by atoms with E-state index in [-0.39, 0.29) is 24.0 Å². The maximum absolute atomic E-state index is 13.3. The van der Waals surface area contributed by atoms with E-state index in [2.05, 4.69) is 5.32 Å². The van der Waals surface area contributed by atoms with E-state index in [1.165, 1.54) is 0 Å². The number of hydrogen-bond acceptors (Lipinski definition) is 2. The molecule has 2 bridgehead atoms. The van der Waals surface area contributed by atoms with Gasteiger partial charge in [0.15, 0.2) is 0 Å². The average molecular weight is 372 g/mol. The van der Waals surface area contributed by atoms with Crippen LogP contribution in [0.1, 0.15) is 6.42 Å². The van der Waals surface area contributed by atoms with Gasteiger partial charge in [0.25, 0.3) is 0 Å². The van der Waals surface area contributed by atoms with Gasteiger partial charge in [-0.3, -0.25) is 4.79 Å². The Balaban J connectivity index is 1.87. The molecule has 3 nitrogen and oxygen atoms in total. The average Bonchev–Trinajstić information content (AvgIpc) is 2.98. The van der Waals surface area contributed by atoms with E-state index in [9.17, 15) is 28.6 Å². The topological polar surface area (TPSA) is 55.1 Å². The summed E-state index contributed by atoms with van der Waals surface area (Å²) in [4.78, 5) is 9.59. The number of halogens is 6. The number of allylic oxidation sites excluding steroid dienone is 1. The van der Waals surface area contributed by atoms with Crippen molar-refractivity contribution < 1.29 is 28.6 Å². The molecule has 10 heteroatoms. The smallest absolute Gasteiger partial charge is 0.313 e. The van der Waals surface area contributed by atoms with E-state index < -0.39 is 44.5 Å². The number of carbonyl (C=O) groups excluding carboxylic acids is 1. The van der Waals surface area contributed by atoms with Crippen LogP contribution in [0.15, 0.2) is 35.2 Å². The lowest BCUT2D eigenvalue weighted by atomic mass is 9.88. The number of nitrogens with one attached hydrogen (secondary N) is 1. The molecule has 0 saturated heterocycles. The van der Waals surface area contributed by atoms with Crippen LogP contribution in [0.3, 0.4) is 0 Å². The van der Waals surface area contributed by atoms with E-state index in [0.29, 0.717) is 6.42 Å². The molecule has 0 aromatic heterocycles. The van der Waals surface area contributed by atoms with Gasteiger partial charge in [0, 0.05) is 11.7 Å². The van der Waals surface area contributed by atoms with Crippen molar-refractivity contribution in [1.82, 2.24) is 0 Å². The number of anilines is 1. The predicted molar refractivity (Wildman–Crippen MR) is 78.6 cm³/mol. The number of rotatable bonds is 3. The molecule has 1 amide bonds. The summed E-state index contributed by atoms with van der Waals surface area (Å²) in [6.45, 7) is 0. The van der Waals surface area contributed by atoms with Crippen LogP contribution in [0.2, 0.25) is 0 Å². The molecular weight excluding hydrogens is 358 g/mol. The SMILES string of the molecule is NC1C2C=CC(C2)C1C(=O)Nc1ccc(F)c(S(F)(F)(F)(F)F)c1. The molecule has 0 radical (unpaired) electrons. The number of benzene rings is 1. The minimum Gasteiger partial charge on any atom is -0.326 e. The molecule has 1 aromatic carbocycles. The van der Waals surface area contributed by atoms with E-state index in [1.54, 1.807) is 0 Å². The van der Waals surface area contributed by atoms with Gasteiger partial charge in [-0.15, -0.1) is 0 Å². The second kappa shape index (κ2) is 4.48. The molecule has 4 unspecified atom stereocenters. The standard InChI is InChI=1S/C14H14F6N2OS/c15-10-4-3-9(6-11(10)24(16,17,18,19)20)22-14(23)12-7-1-2-8(5-7)13(12)21/h1-4,6-8,12-13H,5,21H2,(H,22,23). The van der Waals surface area contributed by atoms with Crippen molar-refractivity contribution in [3.8, 4) is 0 Å². The third-order valence-electron chi connectivity index (χ3n) is 4.44. The number of carbonyl (C=O) groups is 1. The Labute approximate surface area is 133 Å². The van der Waals surface area contributed by atoms with Crippen molar-refractivity contribution in [1.29, 1.82) is 0 Å². The summed E-state index contributed by atoms with van der Waals surface area (Å²) in [7, 11) is -10.2. The molecule has 1 aromatic rings. The number of nitrogens with two attached hydrogens (primary N) is 1. The van der Waals surface area contributed by atoms with Gasteiger partial charge in [-0.1, -0.05) is 31.6 Å². The highest BCUT2D eigenvalue weighted by Crippen LogP contribution is 3.02. The fourth-order valence-corrected chi connectivity index (χ4v) is 4.12. The van der Waals surface area contributed by atoms with Crippen molar-refractivity contribution in [3.05, 3.63) is 36.2 Å². The second-order valence-electron chi connectivity index (χ2n) is 6.15. The second-order valence-corrected chi connectivity index (χ2v) is 8.53. The summed E-state index contributed by atoms with van der Waals surface area (Å²) in [5, 5.41) is 2.14. The first-order chi connectivity index (χ1) is 10.8. The zero-order valence-corrected chi connectivity index (χ0v) is 12.9. The van der Waals surface area contributed by atoms with Gasteiger partial charge in [-0.2, -0.15) is 0 Å². The third kappa shape index (κ3) is 3.00. The quantitative estimate of drug-likeness (QED) is 0.603. The van der Waals surface area contributed by atoms with E-state index in [0.717, 1.165) is 6.07 Å². The van der Waals surface area contributed by atoms with E-state index in [4.69, 9.17) is 5.73 Å². The molecular formula is C14H14F6N2OS. The molecule has 1 fully saturated rings. The molecule has 24 heavy (non-hydrogen) atoms. The molecule has 0 spiro atoms. The molecule has 3 N–H and O–H groups in total. The Bertz CT molecular complexity index is 748. The fourth-order valence-electron chi connectivity index (χ4n) is 3.33. The first kappa shape index (κ1) is 17.2. The zero-order chi connectivity index (χ0) is 18.0. The van der Waals surface area contributed by atoms with Gasteiger partial charge in [0.05, 0.1) is 5.92 Å². The Kier molecular flexibility index (Phi) is 3.20. The van der Waals surface area contributed by atoms with Crippen LogP contribution in [0.25, 0.3) is 0 Å². The van der Waals surface area contributed by atoms with Crippen LogP contribution >= 0.6 is 10.2 Å². The van der Waals surface area contributed by atoms with Crippen molar-refractivity contribution in [2.75, 3.05) is 5.32 Å². The first-order valence-electron chi connectivity index (χ1n) is 7.05. The molecule has 0 heterocycles. The van der Waals surface area contributed by atoms with E-state index in [1.807, 2.05) is 12.2 Å². The molecule has 2 aliphatic rings. The van der Waals surface area contributed by atoms with Crippen LogP contribution < -0.4 is 11.1 Å². The molecule has 3 rings (SSSR count). The Morgan fingerprint density at radius 3 is 2.29 bits per heavy atom. The molecule has 0 aliphatic heterocycles. The maximum atomic E-state index is 13.3. The number of hydrogen-bond donors (Lipinski definition) is 2. The lowest BCUT2D eigenvalue weighted by molar-refractivity contribution is -0.120. The van der Waals surface area contributed by atoms with Gasteiger partial charge in [0.1, 0.15) is 10.7 Å². The lowest BCUT2D eigenvalue weighted by Crippen LogP contribution is -2.41. The monoisotopic (exact) mass is 372 g/mol. The third-order valence-corrected chi connectivity index (χ3v) is 5.58. The maximum Gasteiger partial charge on any atom is 0.313 e. The van der Waals surface area contributed by atoms with Gasteiger partial charge in [-0.25, -0.2) is 4.39 Å². The highest BCUT2D eigenvalue weighted by atomic mass is 32.5. The summed E-state index contributed by atoms with van der Waals surface area (Å²) in [5.41, 5.74) is 5.37. The highest BCUT2D eigenvalue weighted by Gasteiger charge is 2.67. The molecule has 134 valence electrons. The molecule has 4 atom stereocenters. The van der Waals surface area contributed by atoms with Crippen LogP contribution in [0, 0.1) is 23.6 Å². The van der Waals surface area contributed by atoms with Gasteiger partial charge in [-0.05, 0) is 36.5 Å². The van der Waals surface area contributed by atoms with Crippen LogP contribution in [0.4, 0.5) is 29.5 Å². The molecule has 2 aliphatic carbocycles. The van der Waals surface area contributed by atoms with Crippen LogP contribution in [-0.4, -0.2) is 11.9 Å². The van der Waals surface area contributed by atoms with E-state index >= 15 is 0 Å². The Morgan fingerprint density at radius 2 is 1.75 bits per heavy atom. The summed E-state index contributed by atoms with van der Waals surface area (Å²) in [6, 6.07) is 0.484.